The minimum Gasteiger partial charge on any atom is -0.376 e. The standard InChI is InChI=1S/C18H16BrN3O2S/c19-13-8-12(9-20-10-13)17(23)22(11-14-4-3-7-24-14)18-21-15-5-1-2-6-16(15)25-18/h1-2,5-6,8-10,14H,3-4,7,11H2. The van der Waals surface area contributed by atoms with Gasteiger partial charge in [-0.15, -0.1) is 0 Å². The molecule has 0 spiro atoms. The van der Waals surface area contributed by atoms with Gasteiger partial charge in [0, 0.05) is 23.5 Å². The van der Waals surface area contributed by atoms with E-state index in [1.165, 1.54) is 11.3 Å². The van der Waals surface area contributed by atoms with Gasteiger partial charge in [0.25, 0.3) is 5.91 Å². The molecule has 1 aliphatic heterocycles. The summed E-state index contributed by atoms with van der Waals surface area (Å²) in [4.78, 5) is 23.6. The number of hydrogen-bond donors (Lipinski definition) is 0. The molecule has 1 atom stereocenters. The molecule has 3 aromatic rings. The van der Waals surface area contributed by atoms with Gasteiger partial charge in [-0.25, -0.2) is 4.98 Å². The van der Waals surface area contributed by atoms with Crippen molar-refractivity contribution < 1.29 is 9.53 Å². The highest BCUT2D eigenvalue weighted by atomic mass is 79.9. The van der Waals surface area contributed by atoms with Crippen LogP contribution in [0, 0.1) is 0 Å². The van der Waals surface area contributed by atoms with Crippen LogP contribution in [-0.4, -0.2) is 35.1 Å². The molecule has 1 unspecified atom stereocenters. The van der Waals surface area contributed by atoms with Crippen molar-refractivity contribution in [2.45, 2.75) is 18.9 Å². The molecule has 25 heavy (non-hydrogen) atoms. The molecular formula is C18H16BrN3O2S. The third-order valence-corrected chi connectivity index (χ3v) is 5.61. The van der Waals surface area contributed by atoms with Crippen LogP contribution in [0.1, 0.15) is 23.2 Å². The second-order valence-electron chi connectivity index (χ2n) is 5.91. The van der Waals surface area contributed by atoms with E-state index in [4.69, 9.17) is 4.74 Å². The number of carbonyl (C=O) groups excluding carboxylic acids is 1. The number of halogens is 1. The maximum Gasteiger partial charge on any atom is 0.261 e. The highest BCUT2D eigenvalue weighted by Crippen LogP contribution is 2.30. The first kappa shape index (κ1) is 16.6. The van der Waals surface area contributed by atoms with E-state index in [-0.39, 0.29) is 12.0 Å². The lowest BCUT2D eigenvalue weighted by atomic mass is 10.2. The third-order valence-electron chi connectivity index (χ3n) is 4.12. The van der Waals surface area contributed by atoms with Crippen molar-refractivity contribution in [3.63, 3.8) is 0 Å². The zero-order chi connectivity index (χ0) is 17.2. The predicted octanol–water partition coefficient (Wildman–Crippen LogP) is 4.28. The maximum absolute atomic E-state index is 13.1. The van der Waals surface area contributed by atoms with E-state index in [0.717, 1.165) is 34.1 Å². The fraction of sp³-hybridized carbons (Fsp3) is 0.278. The van der Waals surface area contributed by atoms with E-state index in [1.54, 1.807) is 23.4 Å². The fourth-order valence-corrected chi connectivity index (χ4v) is 4.24. The van der Waals surface area contributed by atoms with E-state index in [2.05, 4.69) is 25.9 Å². The number of nitrogens with zero attached hydrogens (tertiary/aromatic N) is 3. The first-order chi connectivity index (χ1) is 12.2. The molecule has 5 nitrogen and oxygen atoms in total. The molecule has 1 fully saturated rings. The molecule has 1 aromatic carbocycles. The summed E-state index contributed by atoms with van der Waals surface area (Å²) in [6.07, 6.45) is 5.30. The van der Waals surface area contributed by atoms with Crippen molar-refractivity contribution in [1.29, 1.82) is 0 Å². The number of anilines is 1. The van der Waals surface area contributed by atoms with Gasteiger partial charge in [-0.3, -0.25) is 14.7 Å². The molecule has 0 aliphatic carbocycles. The van der Waals surface area contributed by atoms with Gasteiger partial charge in [0.05, 0.1) is 28.4 Å². The van der Waals surface area contributed by atoms with Crippen molar-refractivity contribution in [3.05, 3.63) is 52.8 Å². The summed E-state index contributed by atoms with van der Waals surface area (Å²) in [7, 11) is 0. The molecule has 1 amide bonds. The minimum absolute atomic E-state index is 0.0519. The molecule has 1 aliphatic rings. The lowest BCUT2D eigenvalue weighted by Crippen LogP contribution is -2.37. The Balaban J connectivity index is 1.71. The maximum atomic E-state index is 13.1. The van der Waals surface area contributed by atoms with E-state index in [0.29, 0.717) is 17.2 Å². The van der Waals surface area contributed by atoms with E-state index >= 15 is 0 Å². The average Bonchev–Trinajstić information content (AvgIpc) is 3.28. The number of para-hydroxylation sites is 1. The number of benzene rings is 1. The summed E-state index contributed by atoms with van der Waals surface area (Å²) < 4.78 is 7.59. The summed E-state index contributed by atoms with van der Waals surface area (Å²) in [5.74, 6) is -0.108. The Morgan fingerprint density at radius 1 is 1.36 bits per heavy atom. The average molecular weight is 418 g/mol. The van der Waals surface area contributed by atoms with Gasteiger partial charge in [-0.1, -0.05) is 23.5 Å². The van der Waals surface area contributed by atoms with Crippen LogP contribution in [0.5, 0.6) is 0 Å². The summed E-state index contributed by atoms with van der Waals surface area (Å²) in [5.41, 5.74) is 1.44. The SMILES string of the molecule is O=C(c1cncc(Br)c1)N(CC1CCCO1)c1nc2ccccc2s1. The zero-order valence-electron chi connectivity index (χ0n) is 13.4. The van der Waals surface area contributed by atoms with Crippen LogP contribution < -0.4 is 4.90 Å². The highest BCUT2D eigenvalue weighted by Gasteiger charge is 2.27. The molecular weight excluding hydrogens is 402 g/mol. The Hall–Kier alpha value is -1.83. The fourth-order valence-electron chi connectivity index (χ4n) is 2.90. The Morgan fingerprint density at radius 2 is 2.24 bits per heavy atom. The molecule has 0 saturated carbocycles. The van der Waals surface area contributed by atoms with Crippen LogP contribution >= 0.6 is 27.3 Å². The Bertz CT molecular complexity index is 875. The molecule has 0 N–H and O–H groups in total. The second-order valence-corrected chi connectivity index (χ2v) is 7.83. The van der Waals surface area contributed by atoms with Crippen molar-refractivity contribution in [2.75, 3.05) is 18.1 Å². The van der Waals surface area contributed by atoms with Crippen molar-refractivity contribution >= 4 is 48.5 Å². The quantitative estimate of drug-likeness (QED) is 0.635. The normalized spacial score (nSPS) is 17.1. The largest absolute Gasteiger partial charge is 0.376 e. The number of carbonyl (C=O) groups is 1. The van der Waals surface area contributed by atoms with Crippen LogP contribution in [0.15, 0.2) is 47.2 Å². The molecule has 0 bridgehead atoms. The lowest BCUT2D eigenvalue weighted by Gasteiger charge is -2.23. The van der Waals surface area contributed by atoms with Crippen molar-refractivity contribution in [1.82, 2.24) is 9.97 Å². The van der Waals surface area contributed by atoms with E-state index in [9.17, 15) is 4.79 Å². The monoisotopic (exact) mass is 417 g/mol. The molecule has 2 aromatic heterocycles. The smallest absolute Gasteiger partial charge is 0.261 e. The molecule has 3 heterocycles. The molecule has 1 saturated heterocycles. The van der Waals surface area contributed by atoms with Gasteiger partial charge in [-0.2, -0.15) is 0 Å². The lowest BCUT2D eigenvalue weighted by molar-refractivity contribution is 0.0917. The number of hydrogen-bond acceptors (Lipinski definition) is 5. The van der Waals surface area contributed by atoms with Gasteiger partial charge in [-0.05, 0) is 47.0 Å². The van der Waals surface area contributed by atoms with Crippen molar-refractivity contribution in [3.8, 4) is 0 Å². The Morgan fingerprint density at radius 3 is 3.00 bits per heavy atom. The van der Waals surface area contributed by atoms with E-state index in [1.807, 2.05) is 24.3 Å². The number of ether oxygens (including phenoxy) is 1. The van der Waals surface area contributed by atoms with Gasteiger partial charge in [0.2, 0.25) is 0 Å². The van der Waals surface area contributed by atoms with Gasteiger partial charge in [0.1, 0.15) is 0 Å². The second kappa shape index (κ2) is 7.19. The summed E-state index contributed by atoms with van der Waals surface area (Å²) in [6, 6.07) is 9.70. The van der Waals surface area contributed by atoms with Crippen LogP contribution in [0.3, 0.4) is 0 Å². The first-order valence-corrected chi connectivity index (χ1v) is 9.71. The minimum atomic E-state index is -0.108. The summed E-state index contributed by atoms with van der Waals surface area (Å²) in [6.45, 7) is 1.26. The zero-order valence-corrected chi connectivity index (χ0v) is 15.8. The highest BCUT2D eigenvalue weighted by molar-refractivity contribution is 9.10. The third kappa shape index (κ3) is 3.58. The van der Waals surface area contributed by atoms with Crippen LogP contribution in [0.2, 0.25) is 0 Å². The van der Waals surface area contributed by atoms with Gasteiger partial charge >= 0.3 is 0 Å². The number of fused-ring (bicyclic) bond motifs is 1. The summed E-state index contributed by atoms with van der Waals surface area (Å²) >= 11 is 4.90. The van der Waals surface area contributed by atoms with Crippen LogP contribution in [0.25, 0.3) is 10.2 Å². The topological polar surface area (TPSA) is 55.3 Å². The first-order valence-electron chi connectivity index (χ1n) is 8.10. The van der Waals surface area contributed by atoms with E-state index < -0.39 is 0 Å². The number of amides is 1. The number of aromatic nitrogens is 2. The number of rotatable bonds is 4. The van der Waals surface area contributed by atoms with Crippen molar-refractivity contribution in [2.24, 2.45) is 0 Å². The number of pyridine rings is 1. The molecule has 0 radical (unpaired) electrons. The Labute approximate surface area is 157 Å². The molecule has 4 rings (SSSR count). The van der Waals surface area contributed by atoms with Crippen LogP contribution in [0.4, 0.5) is 5.13 Å². The molecule has 7 heteroatoms. The van der Waals surface area contributed by atoms with Gasteiger partial charge in [0.15, 0.2) is 5.13 Å². The number of thiazole rings is 1. The predicted molar refractivity (Wildman–Crippen MR) is 102 cm³/mol. The Kier molecular flexibility index (Phi) is 4.78. The summed E-state index contributed by atoms with van der Waals surface area (Å²) in [5, 5.41) is 0.696. The van der Waals surface area contributed by atoms with Crippen LogP contribution in [-0.2, 0) is 4.74 Å². The molecule has 128 valence electrons. The van der Waals surface area contributed by atoms with Gasteiger partial charge < -0.3 is 4.74 Å².